The topological polar surface area (TPSA) is 71.5 Å². The van der Waals surface area contributed by atoms with Gasteiger partial charge in [-0.25, -0.2) is 9.37 Å². The highest BCUT2D eigenvalue weighted by Gasteiger charge is 2.28. The van der Waals surface area contributed by atoms with Crippen LogP contribution in [-0.2, 0) is 4.79 Å². The molecule has 1 aromatic heterocycles. The van der Waals surface area contributed by atoms with Gasteiger partial charge in [-0.1, -0.05) is 29.3 Å². The molecule has 4 rings (SSSR count). The minimum absolute atomic E-state index is 0.00887. The Balaban J connectivity index is 1.26. The predicted octanol–water partition coefficient (Wildman–Crippen LogP) is 4.34. The molecule has 2 aromatic carbocycles. The fourth-order valence-electron chi connectivity index (χ4n) is 3.59. The summed E-state index contributed by atoms with van der Waals surface area (Å²) in [5.74, 6) is -0.700. The average molecular weight is 476 g/mol. The zero-order valence-corrected chi connectivity index (χ0v) is 18.5. The van der Waals surface area contributed by atoms with Crippen LogP contribution in [0.15, 0.2) is 48.5 Å². The lowest BCUT2D eigenvalue weighted by Crippen LogP contribution is -2.35. The second-order valence-corrected chi connectivity index (χ2v) is 8.45. The minimum Gasteiger partial charge on any atom is -0.484 e. The number of fused-ring (bicyclic) bond motifs is 1. The number of aromatic nitrogens is 1. The van der Waals surface area contributed by atoms with Gasteiger partial charge in [0.15, 0.2) is 6.61 Å². The Morgan fingerprint density at radius 2 is 2.00 bits per heavy atom. The van der Waals surface area contributed by atoms with E-state index in [1.54, 1.807) is 29.2 Å². The number of ether oxygens (including phenoxy) is 1. The number of nitrogens with one attached hydrogen (secondary N) is 1. The first-order chi connectivity index (χ1) is 15.4. The Morgan fingerprint density at radius 1 is 1.16 bits per heavy atom. The van der Waals surface area contributed by atoms with Gasteiger partial charge in [0.2, 0.25) is 0 Å². The molecule has 166 valence electrons. The quantitative estimate of drug-likeness (QED) is 0.575. The summed E-state index contributed by atoms with van der Waals surface area (Å²) < 4.78 is 18.7. The molecule has 0 bridgehead atoms. The highest BCUT2D eigenvalue weighted by atomic mass is 35.5. The number of hydrogen-bond donors (Lipinski definition) is 1. The highest BCUT2D eigenvalue weighted by Crippen LogP contribution is 2.22. The fourth-order valence-corrected chi connectivity index (χ4v) is 3.88. The van der Waals surface area contributed by atoms with E-state index < -0.39 is 5.82 Å². The zero-order valence-electron chi connectivity index (χ0n) is 17.0. The van der Waals surface area contributed by atoms with Crippen molar-refractivity contribution in [2.24, 2.45) is 5.92 Å². The number of carbonyl (C=O) groups is 2. The van der Waals surface area contributed by atoms with Crippen molar-refractivity contribution < 1.29 is 18.7 Å². The molecule has 1 saturated heterocycles. The second-order valence-electron chi connectivity index (χ2n) is 7.61. The molecule has 1 aliphatic rings. The lowest BCUT2D eigenvalue weighted by atomic mass is 10.1. The molecule has 6 nitrogen and oxygen atoms in total. The van der Waals surface area contributed by atoms with Crippen molar-refractivity contribution in [3.63, 3.8) is 0 Å². The summed E-state index contributed by atoms with van der Waals surface area (Å²) in [6.45, 7) is 1.31. The van der Waals surface area contributed by atoms with E-state index in [1.807, 2.05) is 6.07 Å². The molecule has 32 heavy (non-hydrogen) atoms. The summed E-state index contributed by atoms with van der Waals surface area (Å²) in [6, 6.07) is 12.9. The van der Waals surface area contributed by atoms with Crippen molar-refractivity contribution in [1.82, 2.24) is 15.2 Å². The van der Waals surface area contributed by atoms with Crippen LogP contribution in [0.5, 0.6) is 5.75 Å². The maximum Gasteiger partial charge on any atom is 0.272 e. The summed E-state index contributed by atoms with van der Waals surface area (Å²) in [5.41, 5.74) is 1.09. The number of halogens is 3. The summed E-state index contributed by atoms with van der Waals surface area (Å²) >= 11 is 11.6. The molecule has 2 amide bonds. The van der Waals surface area contributed by atoms with Crippen molar-refractivity contribution in [2.45, 2.75) is 6.42 Å². The number of rotatable bonds is 6. The largest absolute Gasteiger partial charge is 0.484 e. The van der Waals surface area contributed by atoms with Crippen LogP contribution < -0.4 is 10.1 Å². The molecule has 0 radical (unpaired) electrons. The number of hydrogen-bond acceptors (Lipinski definition) is 4. The molecular formula is C23H20Cl2FN3O3. The van der Waals surface area contributed by atoms with Crippen LogP contribution in [0.2, 0.25) is 10.0 Å². The Bertz CT molecular complexity index is 1170. The summed E-state index contributed by atoms with van der Waals surface area (Å²) in [7, 11) is 0. The number of amides is 2. The Kier molecular flexibility index (Phi) is 6.77. The number of carbonyl (C=O) groups excluding carboxylic acids is 2. The average Bonchev–Trinajstić information content (AvgIpc) is 3.26. The van der Waals surface area contributed by atoms with Crippen LogP contribution in [0, 0.1) is 11.7 Å². The highest BCUT2D eigenvalue weighted by molar-refractivity contribution is 6.31. The van der Waals surface area contributed by atoms with E-state index in [2.05, 4.69) is 10.3 Å². The lowest BCUT2D eigenvalue weighted by molar-refractivity contribution is -0.123. The SMILES string of the molecule is O=C(COc1ccc(Cl)c(F)c1)NCC1CCN(C(=O)c2ccc3cc(Cl)ccc3n2)C1. The molecule has 2 heterocycles. The first kappa shape index (κ1) is 22.3. The first-order valence-electron chi connectivity index (χ1n) is 10.1. The van der Waals surface area contributed by atoms with E-state index in [9.17, 15) is 14.0 Å². The maximum absolute atomic E-state index is 13.4. The van der Waals surface area contributed by atoms with E-state index >= 15 is 0 Å². The van der Waals surface area contributed by atoms with Gasteiger partial charge in [0.05, 0.1) is 10.5 Å². The van der Waals surface area contributed by atoms with Gasteiger partial charge in [0.1, 0.15) is 17.3 Å². The molecule has 0 saturated carbocycles. The van der Waals surface area contributed by atoms with Crippen molar-refractivity contribution >= 4 is 45.9 Å². The van der Waals surface area contributed by atoms with Gasteiger partial charge < -0.3 is 15.0 Å². The van der Waals surface area contributed by atoms with Gasteiger partial charge >= 0.3 is 0 Å². The predicted molar refractivity (Wildman–Crippen MR) is 121 cm³/mol. The molecule has 1 atom stereocenters. The minimum atomic E-state index is -0.606. The molecule has 1 fully saturated rings. The summed E-state index contributed by atoms with van der Waals surface area (Å²) in [5, 5.41) is 4.28. The fraction of sp³-hybridized carbons (Fsp3) is 0.261. The first-order valence-corrected chi connectivity index (χ1v) is 10.8. The molecule has 0 aliphatic carbocycles. The van der Waals surface area contributed by atoms with Crippen molar-refractivity contribution in [1.29, 1.82) is 0 Å². The smallest absolute Gasteiger partial charge is 0.272 e. The molecule has 1 N–H and O–H groups in total. The van der Waals surface area contributed by atoms with Crippen molar-refractivity contribution in [3.8, 4) is 5.75 Å². The van der Waals surface area contributed by atoms with E-state index in [1.165, 1.54) is 12.1 Å². The number of pyridine rings is 1. The van der Waals surface area contributed by atoms with Gasteiger partial charge in [-0.3, -0.25) is 9.59 Å². The third-order valence-corrected chi connectivity index (χ3v) is 5.83. The van der Waals surface area contributed by atoms with E-state index in [0.717, 1.165) is 17.9 Å². The Morgan fingerprint density at radius 3 is 2.81 bits per heavy atom. The van der Waals surface area contributed by atoms with Crippen molar-refractivity contribution in [2.75, 3.05) is 26.2 Å². The maximum atomic E-state index is 13.4. The van der Waals surface area contributed by atoms with Crippen LogP contribution >= 0.6 is 23.2 Å². The third-order valence-electron chi connectivity index (χ3n) is 5.29. The van der Waals surface area contributed by atoms with Gasteiger partial charge in [0.25, 0.3) is 11.8 Å². The lowest BCUT2D eigenvalue weighted by Gasteiger charge is -2.17. The molecular weight excluding hydrogens is 456 g/mol. The van der Waals surface area contributed by atoms with Crippen molar-refractivity contribution in [3.05, 3.63) is 70.1 Å². The molecule has 9 heteroatoms. The van der Waals surface area contributed by atoms with Gasteiger partial charge in [-0.2, -0.15) is 0 Å². The van der Waals surface area contributed by atoms with Gasteiger partial charge in [-0.15, -0.1) is 0 Å². The van der Waals surface area contributed by atoms with E-state index in [4.69, 9.17) is 27.9 Å². The van der Waals surface area contributed by atoms with Crippen LogP contribution in [0.4, 0.5) is 4.39 Å². The van der Waals surface area contributed by atoms with Crippen LogP contribution in [0.1, 0.15) is 16.9 Å². The Hall–Kier alpha value is -2.90. The number of likely N-dealkylation sites (tertiary alicyclic amines) is 1. The van der Waals surface area contributed by atoms with Crippen LogP contribution in [0.3, 0.4) is 0 Å². The number of benzene rings is 2. The molecule has 3 aromatic rings. The monoisotopic (exact) mass is 475 g/mol. The third kappa shape index (κ3) is 5.29. The van der Waals surface area contributed by atoms with E-state index in [-0.39, 0.29) is 35.1 Å². The normalized spacial score (nSPS) is 15.7. The second kappa shape index (κ2) is 9.71. The van der Waals surface area contributed by atoms with Crippen LogP contribution in [-0.4, -0.2) is 47.9 Å². The molecule has 0 spiro atoms. The zero-order chi connectivity index (χ0) is 22.7. The Labute approximate surface area is 194 Å². The standard InChI is InChI=1S/C23H20Cl2FN3O3/c24-16-2-6-20-15(9-16)1-5-21(28-20)23(31)29-8-7-14(12-29)11-27-22(30)13-32-17-3-4-18(25)19(26)10-17/h1-6,9-10,14H,7-8,11-13H2,(H,27,30). The summed E-state index contributed by atoms with van der Waals surface area (Å²) in [4.78, 5) is 31.1. The summed E-state index contributed by atoms with van der Waals surface area (Å²) in [6.07, 6.45) is 0.776. The number of nitrogens with zero attached hydrogens (tertiary/aromatic N) is 2. The van der Waals surface area contributed by atoms with Crippen LogP contribution in [0.25, 0.3) is 10.9 Å². The molecule has 1 aliphatic heterocycles. The van der Waals surface area contributed by atoms with E-state index in [0.29, 0.717) is 35.9 Å². The van der Waals surface area contributed by atoms with Gasteiger partial charge in [0, 0.05) is 36.1 Å². The van der Waals surface area contributed by atoms with Gasteiger partial charge in [-0.05, 0) is 48.7 Å². The molecule has 1 unspecified atom stereocenters.